The Bertz CT molecular complexity index is 728. The van der Waals surface area contributed by atoms with Crippen LogP contribution in [0.15, 0.2) is 55.1 Å². The van der Waals surface area contributed by atoms with Crippen LogP contribution in [0.4, 0.5) is 0 Å². The van der Waals surface area contributed by atoms with Crippen LogP contribution in [-0.4, -0.2) is 48.0 Å². The quantitative estimate of drug-likeness (QED) is 0.273. The third-order valence-electron chi connectivity index (χ3n) is 4.83. The molecule has 4 nitrogen and oxygen atoms in total. The molecule has 0 radical (unpaired) electrons. The van der Waals surface area contributed by atoms with Crippen molar-refractivity contribution in [3.63, 3.8) is 0 Å². The summed E-state index contributed by atoms with van der Waals surface area (Å²) >= 11 is -1.74. The van der Waals surface area contributed by atoms with Crippen molar-refractivity contribution in [2.45, 2.75) is 79.6 Å². The second-order valence-electron chi connectivity index (χ2n) is 8.83. The third-order valence-corrected chi connectivity index (χ3v) is 6.38. The van der Waals surface area contributed by atoms with Gasteiger partial charge in [-0.1, -0.05) is 0 Å². The summed E-state index contributed by atoms with van der Waals surface area (Å²) in [5.41, 5.74) is 1.09. The van der Waals surface area contributed by atoms with Gasteiger partial charge in [0.1, 0.15) is 0 Å². The molecular formula is C26H40Cl2N4Ru-2. The molecule has 0 bridgehead atoms. The minimum absolute atomic E-state index is 0.565. The van der Waals surface area contributed by atoms with E-state index < -0.39 is 13.5 Å². The van der Waals surface area contributed by atoms with E-state index in [-0.39, 0.29) is 0 Å². The first-order valence-corrected chi connectivity index (χ1v) is 16.7. The molecule has 2 aliphatic rings. The predicted octanol–water partition coefficient (Wildman–Crippen LogP) is 7.05. The van der Waals surface area contributed by atoms with E-state index in [0.717, 1.165) is 5.56 Å². The van der Waals surface area contributed by atoms with Gasteiger partial charge in [0.05, 0.1) is 0 Å². The molecule has 0 N–H and O–H groups in total. The fraction of sp³-hybridized carbons (Fsp3) is 0.462. The summed E-state index contributed by atoms with van der Waals surface area (Å²) < 4.78 is 2.91. The van der Waals surface area contributed by atoms with E-state index in [2.05, 4.69) is 117 Å². The molecule has 0 aliphatic carbocycles. The van der Waals surface area contributed by atoms with E-state index in [1.54, 1.807) is 0 Å². The van der Waals surface area contributed by atoms with Crippen molar-refractivity contribution in [1.29, 1.82) is 0 Å². The van der Waals surface area contributed by atoms with Gasteiger partial charge in [0, 0.05) is 0 Å². The number of hydrogen-bond acceptors (Lipinski definition) is 4. The summed E-state index contributed by atoms with van der Waals surface area (Å²) in [4.78, 5) is 8.83. The number of nitrogens with zero attached hydrogens (tertiary/aromatic N) is 4. The van der Waals surface area contributed by atoms with Crippen LogP contribution < -0.4 is 0 Å². The summed E-state index contributed by atoms with van der Waals surface area (Å²) in [6, 6.07) is 12.1. The number of hydrogen-bond donors (Lipinski definition) is 0. The standard InChI is InChI=1S/2C9H17N2.C8H6.2ClH.Ru/c2*1-8(2)10-5-6-11(7-10)9(3)4;1-2-8-6-4-3-5-7-8;;;/h2*5-9H,1-4H3;2-7H;2*1H;/q2*-1;;;;+2/p-2. The SMILES string of the molecule is CC(C)N1C=CN(C(C)C)[CH-]1.CC(C)N1C=CN(C(C)C)[CH-]1.[Cl][Ru]([Cl])=[C]=Cc1ccccc1. The van der Waals surface area contributed by atoms with Gasteiger partial charge in [-0.3, -0.25) is 0 Å². The average Bonchev–Trinajstić information content (AvgIpc) is 3.44. The van der Waals surface area contributed by atoms with Crippen molar-refractivity contribution in [3.8, 4) is 0 Å². The predicted molar refractivity (Wildman–Crippen MR) is 142 cm³/mol. The molecule has 188 valence electrons. The van der Waals surface area contributed by atoms with Crippen molar-refractivity contribution in [3.05, 3.63) is 74.0 Å². The Morgan fingerprint density at radius 3 is 1.24 bits per heavy atom. The van der Waals surface area contributed by atoms with E-state index >= 15 is 0 Å². The van der Waals surface area contributed by atoms with E-state index in [4.69, 9.17) is 19.4 Å². The maximum atomic E-state index is 5.59. The van der Waals surface area contributed by atoms with Crippen LogP contribution in [0.25, 0.3) is 6.08 Å². The van der Waals surface area contributed by atoms with Gasteiger partial charge < -0.3 is 19.6 Å². The van der Waals surface area contributed by atoms with Crippen molar-refractivity contribution >= 4 is 29.7 Å². The van der Waals surface area contributed by atoms with Crippen LogP contribution in [0.5, 0.6) is 0 Å². The average molecular weight is 581 g/mol. The Morgan fingerprint density at radius 2 is 1.00 bits per heavy atom. The molecule has 2 aliphatic heterocycles. The van der Waals surface area contributed by atoms with Gasteiger partial charge in [-0.15, -0.1) is 0 Å². The summed E-state index contributed by atoms with van der Waals surface area (Å²) in [6.07, 6.45) is 10.3. The van der Waals surface area contributed by atoms with Gasteiger partial charge in [0.15, 0.2) is 0 Å². The van der Waals surface area contributed by atoms with E-state index in [9.17, 15) is 0 Å². The Balaban J connectivity index is 0.000000247. The van der Waals surface area contributed by atoms with Gasteiger partial charge in [0.25, 0.3) is 0 Å². The molecule has 0 aromatic heterocycles. The fourth-order valence-electron chi connectivity index (χ4n) is 2.64. The first-order valence-electron chi connectivity index (χ1n) is 11.3. The van der Waals surface area contributed by atoms with Crippen molar-refractivity contribution < 1.29 is 13.5 Å². The van der Waals surface area contributed by atoms with Crippen LogP contribution in [0.3, 0.4) is 0 Å². The van der Waals surface area contributed by atoms with Crippen molar-refractivity contribution in [1.82, 2.24) is 19.6 Å². The normalized spacial score (nSPS) is 15.2. The molecular weight excluding hydrogens is 540 g/mol. The van der Waals surface area contributed by atoms with E-state index in [0.29, 0.717) is 24.2 Å². The zero-order chi connectivity index (χ0) is 25.0. The third kappa shape index (κ3) is 12.1. The summed E-state index contributed by atoms with van der Waals surface area (Å²) in [7, 11) is 11.2. The monoisotopic (exact) mass is 580 g/mol. The molecule has 33 heavy (non-hydrogen) atoms. The second kappa shape index (κ2) is 15.6. The van der Waals surface area contributed by atoms with Gasteiger partial charge in [-0.2, -0.15) is 13.3 Å². The Kier molecular flexibility index (Phi) is 14.1. The molecule has 1 aromatic carbocycles. The van der Waals surface area contributed by atoms with Gasteiger partial charge in [0.2, 0.25) is 0 Å². The molecule has 1 aromatic rings. The molecule has 0 saturated carbocycles. The molecule has 3 rings (SSSR count). The number of halogens is 2. The zero-order valence-corrected chi connectivity index (χ0v) is 24.4. The molecule has 0 unspecified atom stereocenters. The first kappa shape index (κ1) is 29.8. The summed E-state index contributed by atoms with van der Waals surface area (Å²) in [6.45, 7) is 21.8. The topological polar surface area (TPSA) is 13.0 Å². The second-order valence-corrected chi connectivity index (χ2v) is 14.2. The number of benzene rings is 1. The van der Waals surface area contributed by atoms with Crippen LogP contribution >= 0.6 is 19.4 Å². The van der Waals surface area contributed by atoms with Crippen LogP contribution in [0.2, 0.25) is 0 Å². The van der Waals surface area contributed by atoms with Crippen LogP contribution in [0, 0.1) is 13.3 Å². The minimum atomic E-state index is -1.74. The van der Waals surface area contributed by atoms with Gasteiger partial charge in [-0.05, 0) is 104 Å². The Hall–Kier alpha value is -1.25. The molecule has 0 fully saturated rings. The number of rotatable bonds is 5. The summed E-state index contributed by atoms with van der Waals surface area (Å²) in [5.74, 6) is 0. The first-order chi connectivity index (χ1) is 15.5. The van der Waals surface area contributed by atoms with Gasteiger partial charge >= 0.3 is 79.1 Å². The molecule has 7 heteroatoms. The van der Waals surface area contributed by atoms with Crippen LogP contribution in [0.1, 0.15) is 61.0 Å². The Morgan fingerprint density at radius 1 is 0.667 bits per heavy atom. The van der Waals surface area contributed by atoms with Gasteiger partial charge in [-0.25, -0.2) is 0 Å². The van der Waals surface area contributed by atoms with Crippen LogP contribution in [-0.2, 0) is 13.5 Å². The van der Waals surface area contributed by atoms with E-state index in [1.807, 2.05) is 36.4 Å². The molecule has 0 saturated heterocycles. The Labute approximate surface area is 215 Å². The van der Waals surface area contributed by atoms with Crippen molar-refractivity contribution in [2.24, 2.45) is 0 Å². The molecule has 2 heterocycles. The zero-order valence-electron chi connectivity index (χ0n) is 21.1. The van der Waals surface area contributed by atoms with E-state index in [1.165, 1.54) is 0 Å². The molecule has 0 amide bonds. The molecule has 0 spiro atoms. The fourth-order valence-corrected chi connectivity index (χ4v) is 3.57. The van der Waals surface area contributed by atoms with Crippen molar-refractivity contribution in [2.75, 3.05) is 0 Å². The maximum absolute atomic E-state index is 5.59. The summed E-state index contributed by atoms with van der Waals surface area (Å²) in [5, 5.41) is 0. The molecule has 0 atom stereocenters.